The van der Waals surface area contributed by atoms with Crippen molar-refractivity contribution in [3.8, 4) is 0 Å². The standard InChI is InChI=1S/C17H17F3N4O/c18-17(19,20)14-3-1-2-13(10-14)11-16(25)24-8-6-23(7-9-24)15-12-21-4-5-22-15/h1-5,10,12H,6-9,11H2. The molecule has 0 atom stereocenters. The zero-order valence-corrected chi connectivity index (χ0v) is 13.4. The predicted octanol–water partition coefficient (Wildman–Crippen LogP) is 2.39. The van der Waals surface area contributed by atoms with Crippen LogP contribution in [0.5, 0.6) is 0 Å². The van der Waals surface area contributed by atoms with Crippen molar-refractivity contribution >= 4 is 11.7 Å². The normalized spacial score (nSPS) is 15.3. The summed E-state index contributed by atoms with van der Waals surface area (Å²) < 4.78 is 38.3. The minimum absolute atomic E-state index is 0.0327. The number of hydrogen-bond donors (Lipinski definition) is 0. The molecule has 2 heterocycles. The molecule has 1 aliphatic heterocycles. The Balaban J connectivity index is 1.58. The van der Waals surface area contributed by atoms with Crippen LogP contribution in [0.2, 0.25) is 0 Å². The van der Waals surface area contributed by atoms with Crippen molar-refractivity contribution in [1.29, 1.82) is 0 Å². The van der Waals surface area contributed by atoms with Gasteiger partial charge in [-0.15, -0.1) is 0 Å². The van der Waals surface area contributed by atoms with E-state index in [2.05, 4.69) is 9.97 Å². The lowest BCUT2D eigenvalue weighted by molar-refractivity contribution is -0.138. The highest BCUT2D eigenvalue weighted by Gasteiger charge is 2.30. The number of carbonyl (C=O) groups excluding carboxylic acids is 1. The Morgan fingerprint density at radius 1 is 1.12 bits per heavy atom. The fraction of sp³-hybridized carbons (Fsp3) is 0.353. The summed E-state index contributed by atoms with van der Waals surface area (Å²) in [7, 11) is 0. The average Bonchev–Trinajstić information content (AvgIpc) is 2.62. The van der Waals surface area contributed by atoms with Crippen molar-refractivity contribution in [2.45, 2.75) is 12.6 Å². The molecule has 0 aliphatic carbocycles. The first kappa shape index (κ1) is 17.2. The van der Waals surface area contributed by atoms with Gasteiger partial charge in [0.15, 0.2) is 0 Å². The van der Waals surface area contributed by atoms with Crippen LogP contribution in [-0.4, -0.2) is 47.0 Å². The second-order valence-electron chi connectivity index (χ2n) is 5.81. The Kier molecular flexibility index (Phi) is 4.87. The number of aromatic nitrogens is 2. The topological polar surface area (TPSA) is 49.3 Å². The molecule has 1 saturated heterocycles. The summed E-state index contributed by atoms with van der Waals surface area (Å²) in [6, 6.07) is 4.92. The van der Waals surface area contributed by atoms with Gasteiger partial charge in [-0.3, -0.25) is 9.78 Å². The lowest BCUT2D eigenvalue weighted by atomic mass is 10.1. The van der Waals surface area contributed by atoms with E-state index in [0.29, 0.717) is 31.7 Å². The van der Waals surface area contributed by atoms with Crippen LogP contribution < -0.4 is 4.90 Å². The highest BCUT2D eigenvalue weighted by Crippen LogP contribution is 2.29. The van der Waals surface area contributed by atoms with E-state index in [4.69, 9.17) is 0 Å². The Morgan fingerprint density at radius 3 is 2.52 bits per heavy atom. The highest BCUT2D eigenvalue weighted by molar-refractivity contribution is 5.79. The fourth-order valence-electron chi connectivity index (χ4n) is 2.78. The maximum Gasteiger partial charge on any atom is 0.416 e. The first-order valence-corrected chi connectivity index (χ1v) is 7.88. The Bertz CT molecular complexity index is 728. The molecular weight excluding hydrogens is 333 g/mol. The van der Waals surface area contributed by atoms with Crippen LogP contribution in [0.1, 0.15) is 11.1 Å². The quantitative estimate of drug-likeness (QED) is 0.853. The van der Waals surface area contributed by atoms with Crippen LogP contribution in [0.4, 0.5) is 19.0 Å². The van der Waals surface area contributed by atoms with Gasteiger partial charge in [0.05, 0.1) is 18.2 Å². The lowest BCUT2D eigenvalue weighted by Crippen LogP contribution is -2.49. The molecule has 2 aromatic rings. The number of hydrogen-bond acceptors (Lipinski definition) is 4. The molecule has 5 nitrogen and oxygen atoms in total. The van der Waals surface area contributed by atoms with Crippen molar-refractivity contribution < 1.29 is 18.0 Å². The molecule has 0 saturated carbocycles. The summed E-state index contributed by atoms with van der Waals surface area (Å²) in [5.41, 5.74) is -0.360. The third-order valence-corrected chi connectivity index (χ3v) is 4.12. The van der Waals surface area contributed by atoms with E-state index in [1.54, 1.807) is 29.6 Å². The number of nitrogens with zero attached hydrogens (tertiary/aromatic N) is 4. The fourth-order valence-corrected chi connectivity index (χ4v) is 2.78. The number of halogens is 3. The van der Waals surface area contributed by atoms with Crippen LogP contribution in [0, 0.1) is 0 Å². The minimum atomic E-state index is -4.40. The third-order valence-electron chi connectivity index (χ3n) is 4.12. The van der Waals surface area contributed by atoms with Gasteiger partial charge in [-0.25, -0.2) is 4.98 Å². The van der Waals surface area contributed by atoms with Crippen molar-refractivity contribution in [2.75, 3.05) is 31.1 Å². The molecule has 1 aromatic carbocycles. The Labute approximate surface area is 143 Å². The summed E-state index contributed by atoms with van der Waals surface area (Å²) in [6.45, 7) is 2.25. The molecule has 132 valence electrons. The largest absolute Gasteiger partial charge is 0.416 e. The van der Waals surface area contributed by atoms with Crippen LogP contribution >= 0.6 is 0 Å². The van der Waals surface area contributed by atoms with Gasteiger partial charge in [-0.05, 0) is 11.6 Å². The summed E-state index contributed by atoms with van der Waals surface area (Å²) >= 11 is 0. The number of piperazine rings is 1. The Hall–Kier alpha value is -2.64. The van der Waals surface area contributed by atoms with E-state index in [1.807, 2.05) is 4.90 Å². The van der Waals surface area contributed by atoms with E-state index in [0.717, 1.165) is 18.0 Å². The van der Waals surface area contributed by atoms with Gasteiger partial charge in [-0.2, -0.15) is 13.2 Å². The van der Waals surface area contributed by atoms with Crippen molar-refractivity contribution in [3.05, 3.63) is 54.0 Å². The van der Waals surface area contributed by atoms with Crippen LogP contribution in [-0.2, 0) is 17.4 Å². The van der Waals surface area contributed by atoms with Crippen molar-refractivity contribution in [1.82, 2.24) is 14.9 Å². The minimum Gasteiger partial charge on any atom is -0.352 e. The number of anilines is 1. The van der Waals surface area contributed by atoms with Gasteiger partial charge in [-0.1, -0.05) is 18.2 Å². The van der Waals surface area contributed by atoms with E-state index in [1.165, 1.54) is 6.07 Å². The molecule has 0 unspecified atom stereocenters. The number of benzene rings is 1. The molecule has 1 amide bonds. The molecule has 1 aliphatic rings. The monoisotopic (exact) mass is 350 g/mol. The van der Waals surface area contributed by atoms with Crippen molar-refractivity contribution in [3.63, 3.8) is 0 Å². The first-order chi connectivity index (χ1) is 11.9. The molecule has 8 heteroatoms. The van der Waals surface area contributed by atoms with Crippen LogP contribution in [0.25, 0.3) is 0 Å². The molecule has 1 fully saturated rings. The summed E-state index contributed by atoms with van der Waals surface area (Å²) in [4.78, 5) is 24.3. The SMILES string of the molecule is O=C(Cc1cccc(C(F)(F)F)c1)N1CCN(c2cnccn2)CC1. The van der Waals surface area contributed by atoms with Crippen LogP contribution in [0.3, 0.4) is 0 Å². The van der Waals surface area contributed by atoms with Gasteiger partial charge >= 0.3 is 6.18 Å². The molecule has 25 heavy (non-hydrogen) atoms. The van der Waals surface area contributed by atoms with Gasteiger partial charge in [0.1, 0.15) is 5.82 Å². The molecule has 0 radical (unpaired) electrons. The zero-order valence-electron chi connectivity index (χ0n) is 13.4. The lowest BCUT2D eigenvalue weighted by Gasteiger charge is -2.35. The number of rotatable bonds is 3. The molecular formula is C17H17F3N4O. The Morgan fingerprint density at radius 2 is 1.88 bits per heavy atom. The van der Waals surface area contributed by atoms with Gasteiger partial charge < -0.3 is 9.80 Å². The maximum absolute atomic E-state index is 12.8. The van der Waals surface area contributed by atoms with E-state index in [9.17, 15) is 18.0 Å². The summed E-state index contributed by atoms with van der Waals surface area (Å²) in [5, 5.41) is 0. The van der Waals surface area contributed by atoms with Crippen LogP contribution in [0.15, 0.2) is 42.9 Å². The average molecular weight is 350 g/mol. The maximum atomic E-state index is 12.8. The second kappa shape index (κ2) is 7.08. The molecule has 0 spiro atoms. The van der Waals surface area contributed by atoms with Gasteiger partial charge in [0.25, 0.3) is 0 Å². The summed E-state index contributed by atoms with van der Waals surface area (Å²) in [6.07, 6.45) is 0.440. The highest BCUT2D eigenvalue weighted by atomic mass is 19.4. The smallest absolute Gasteiger partial charge is 0.352 e. The first-order valence-electron chi connectivity index (χ1n) is 7.88. The summed E-state index contributed by atoms with van der Waals surface area (Å²) in [5.74, 6) is 0.589. The van der Waals surface area contributed by atoms with E-state index < -0.39 is 11.7 Å². The van der Waals surface area contributed by atoms with E-state index in [-0.39, 0.29) is 12.3 Å². The molecule has 3 rings (SSSR count). The molecule has 0 N–H and O–H groups in total. The van der Waals surface area contributed by atoms with Crippen molar-refractivity contribution in [2.24, 2.45) is 0 Å². The second-order valence-corrected chi connectivity index (χ2v) is 5.81. The van der Waals surface area contributed by atoms with Gasteiger partial charge in [0, 0.05) is 38.6 Å². The molecule has 1 aromatic heterocycles. The number of amides is 1. The van der Waals surface area contributed by atoms with E-state index >= 15 is 0 Å². The predicted molar refractivity (Wildman–Crippen MR) is 86.0 cm³/mol. The third kappa shape index (κ3) is 4.26. The molecule has 0 bridgehead atoms. The zero-order chi connectivity index (χ0) is 17.9. The number of carbonyl (C=O) groups is 1. The van der Waals surface area contributed by atoms with Gasteiger partial charge in [0.2, 0.25) is 5.91 Å². The number of alkyl halides is 3.